The van der Waals surface area contributed by atoms with Crippen LogP contribution in [-0.4, -0.2) is 16.5 Å². The SMILES string of the molecule is CCCNc1ncc(Br)c(Oc2cc(C)ccc2F)n1. The Morgan fingerprint density at radius 2 is 2.20 bits per heavy atom. The molecule has 0 unspecified atom stereocenters. The minimum atomic E-state index is -0.427. The van der Waals surface area contributed by atoms with Crippen molar-refractivity contribution in [2.75, 3.05) is 11.9 Å². The molecule has 0 amide bonds. The van der Waals surface area contributed by atoms with E-state index in [1.807, 2.05) is 13.8 Å². The highest BCUT2D eigenvalue weighted by Crippen LogP contribution is 2.30. The Hall–Kier alpha value is -1.69. The van der Waals surface area contributed by atoms with Gasteiger partial charge in [-0.15, -0.1) is 0 Å². The minimum absolute atomic E-state index is 0.144. The largest absolute Gasteiger partial charge is 0.435 e. The van der Waals surface area contributed by atoms with Gasteiger partial charge in [0.2, 0.25) is 11.8 Å². The Balaban J connectivity index is 2.25. The second kappa shape index (κ2) is 6.65. The first-order valence-corrected chi connectivity index (χ1v) is 7.10. The van der Waals surface area contributed by atoms with Crippen LogP contribution in [0.3, 0.4) is 0 Å². The molecule has 0 atom stereocenters. The first-order valence-electron chi connectivity index (χ1n) is 6.30. The Kier molecular flexibility index (Phi) is 4.89. The molecule has 0 aliphatic heterocycles. The van der Waals surface area contributed by atoms with Crippen molar-refractivity contribution in [1.29, 1.82) is 0 Å². The Morgan fingerprint density at radius 3 is 2.95 bits per heavy atom. The van der Waals surface area contributed by atoms with Gasteiger partial charge in [-0.2, -0.15) is 4.98 Å². The summed E-state index contributed by atoms with van der Waals surface area (Å²) in [5.74, 6) is 0.455. The van der Waals surface area contributed by atoms with Crippen molar-refractivity contribution in [2.45, 2.75) is 20.3 Å². The Bertz CT molecular complexity index is 607. The van der Waals surface area contributed by atoms with Gasteiger partial charge in [0.15, 0.2) is 11.6 Å². The number of nitrogens with zero attached hydrogens (tertiary/aromatic N) is 2. The number of aryl methyl sites for hydroxylation is 1. The molecular formula is C14H15BrFN3O. The van der Waals surface area contributed by atoms with E-state index in [1.54, 1.807) is 18.3 Å². The first kappa shape index (κ1) is 14.7. The molecule has 6 heteroatoms. The lowest BCUT2D eigenvalue weighted by Crippen LogP contribution is -2.05. The maximum Gasteiger partial charge on any atom is 0.238 e. The van der Waals surface area contributed by atoms with Crippen molar-refractivity contribution in [1.82, 2.24) is 9.97 Å². The quantitative estimate of drug-likeness (QED) is 0.882. The molecule has 1 aromatic carbocycles. The summed E-state index contributed by atoms with van der Waals surface area (Å²) in [6, 6.07) is 4.69. The number of aromatic nitrogens is 2. The summed E-state index contributed by atoms with van der Waals surface area (Å²) < 4.78 is 19.8. The van der Waals surface area contributed by atoms with Crippen LogP contribution in [0.5, 0.6) is 11.6 Å². The summed E-state index contributed by atoms with van der Waals surface area (Å²) in [6.07, 6.45) is 2.54. The van der Waals surface area contributed by atoms with E-state index in [-0.39, 0.29) is 11.6 Å². The molecule has 20 heavy (non-hydrogen) atoms. The third-order valence-corrected chi connectivity index (χ3v) is 3.08. The van der Waals surface area contributed by atoms with Crippen LogP contribution < -0.4 is 10.1 Å². The lowest BCUT2D eigenvalue weighted by atomic mass is 10.2. The molecule has 1 aromatic heterocycles. The smallest absolute Gasteiger partial charge is 0.238 e. The standard InChI is InChI=1S/C14H15BrFN3O/c1-3-6-17-14-18-8-10(15)13(19-14)20-12-7-9(2)4-5-11(12)16/h4-5,7-8H,3,6H2,1-2H3,(H,17,18,19). The molecule has 0 radical (unpaired) electrons. The van der Waals surface area contributed by atoms with Gasteiger partial charge in [-0.25, -0.2) is 9.37 Å². The molecule has 0 saturated heterocycles. The average molecular weight is 340 g/mol. The third-order valence-electron chi connectivity index (χ3n) is 2.54. The molecule has 1 heterocycles. The molecule has 2 rings (SSSR count). The lowest BCUT2D eigenvalue weighted by molar-refractivity contribution is 0.424. The van der Waals surface area contributed by atoms with Gasteiger partial charge in [-0.3, -0.25) is 0 Å². The normalized spacial score (nSPS) is 10.4. The molecule has 106 valence electrons. The number of nitrogens with one attached hydrogen (secondary N) is 1. The number of hydrogen-bond donors (Lipinski definition) is 1. The molecule has 0 fully saturated rings. The van der Waals surface area contributed by atoms with E-state index in [0.29, 0.717) is 10.4 Å². The van der Waals surface area contributed by atoms with Crippen molar-refractivity contribution < 1.29 is 9.13 Å². The molecule has 0 saturated carbocycles. The molecule has 1 N–H and O–H groups in total. The van der Waals surface area contributed by atoms with Gasteiger partial charge < -0.3 is 10.1 Å². The van der Waals surface area contributed by atoms with Crippen molar-refractivity contribution in [3.05, 3.63) is 40.2 Å². The summed E-state index contributed by atoms with van der Waals surface area (Å²) in [7, 11) is 0. The molecule has 0 spiro atoms. The molecule has 0 aliphatic rings. The number of rotatable bonds is 5. The second-order valence-electron chi connectivity index (χ2n) is 4.31. The topological polar surface area (TPSA) is 47.0 Å². The van der Waals surface area contributed by atoms with E-state index in [9.17, 15) is 4.39 Å². The van der Waals surface area contributed by atoms with Gasteiger partial charge in [-0.1, -0.05) is 13.0 Å². The van der Waals surface area contributed by atoms with Crippen molar-refractivity contribution in [3.63, 3.8) is 0 Å². The van der Waals surface area contributed by atoms with E-state index < -0.39 is 5.82 Å². The molecule has 0 bridgehead atoms. The maximum atomic E-state index is 13.7. The summed E-state index contributed by atoms with van der Waals surface area (Å²) in [6.45, 7) is 4.68. The fourth-order valence-electron chi connectivity index (χ4n) is 1.54. The van der Waals surface area contributed by atoms with Crippen LogP contribution >= 0.6 is 15.9 Å². The zero-order chi connectivity index (χ0) is 14.5. The summed E-state index contributed by atoms with van der Waals surface area (Å²) >= 11 is 3.30. The zero-order valence-electron chi connectivity index (χ0n) is 11.3. The van der Waals surface area contributed by atoms with Gasteiger partial charge in [0.25, 0.3) is 0 Å². The summed E-state index contributed by atoms with van der Waals surface area (Å²) in [5, 5.41) is 3.06. The van der Waals surface area contributed by atoms with Crippen LogP contribution in [0.4, 0.5) is 10.3 Å². The fourth-order valence-corrected chi connectivity index (χ4v) is 1.81. The van der Waals surface area contributed by atoms with Gasteiger partial charge >= 0.3 is 0 Å². The predicted molar refractivity (Wildman–Crippen MR) is 79.7 cm³/mol. The highest BCUT2D eigenvalue weighted by molar-refractivity contribution is 9.10. The van der Waals surface area contributed by atoms with Crippen LogP contribution in [0.1, 0.15) is 18.9 Å². The summed E-state index contributed by atoms with van der Waals surface area (Å²) in [5.41, 5.74) is 0.913. The monoisotopic (exact) mass is 339 g/mol. The fraction of sp³-hybridized carbons (Fsp3) is 0.286. The maximum absolute atomic E-state index is 13.7. The van der Waals surface area contributed by atoms with Crippen LogP contribution in [0.25, 0.3) is 0 Å². The van der Waals surface area contributed by atoms with Crippen molar-refractivity contribution >= 4 is 21.9 Å². The molecule has 2 aromatic rings. The predicted octanol–water partition coefficient (Wildman–Crippen LogP) is 4.30. The van der Waals surface area contributed by atoms with Crippen molar-refractivity contribution in [3.8, 4) is 11.6 Å². The van der Waals surface area contributed by atoms with Gasteiger partial charge in [0.1, 0.15) is 0 Å². The highest BCUT2D eigenvalue weighted by atomic mass is 79.9. The minimum Gasteiger partial charge on any atom is -0.435 e. The van der Waals surface area contributed by atoms with E-state index in [1.165, 1.54) is 6.07 Å². The first-order chi connectivity index (χ1) is 9.60. The zero-order valence-corrected chi connectivity index (χ0v) is 12.9. The van der Waals surface area contributed by atoms with E-state index >= 15 is 0 Å². The number of ether oxygens (including phenoxy) is 1. The lowest BCUT2D eigenvalue weighted by Gasteiger charge is -2.10. The number of hydrogen-bond acceptors (Lipinski definition) is 4. The highest BCUT2D eigenvalue weighted by Gasteiger charge is 2.11. The molecule has 0 aliphatic carbocycles. The molecular weight excluding hydrogens is 325 g/mol. The summed E-state index contributed by atoms with van der Waals surface area (Å²) in [4.78, 5) is 8.33. The van der Waals surface area contributed by atoms with E-state index in [4.69, 9.17) is 4.74 Å². The second-order valence-corrected chi connectivity index (χ2v) is 5.16. The van der Waals surface area contributed by atoms with Crippen LogP contribution in [0.2, 0.25) is 0 Å². The van der Waals surface area contributed by atoms with Crippen LogP contribution in [0.15, 0.2) is 28.9 Å². The number of halogens is 2. The van der Waals surface area contributed by atoms with Crippen LogP contribution in [0, 0.1) is 12.7 Å². The number of anilines is 1. The number of benzene rings is 1. The Morgan fingerprint density at radius 1 is 1.40 bits per heavy atom. The van der Waals surface area contributed by atoms with Gasteiger partial charge in [-0.05, 0) is 47.0 Å². The van der Waals surface area contributed by atoms with Crippen molar-refractivity contribution in [2.24, 2.45) is 0 Å². The van der Waals surface area contributed by atoms with Crippen LogP contribution in [-0.2, 0) is 0 Å². The van der Waals surface area contributed by atoms with Gasteiger partial charge in [0, 0.05) is 6.54 Å². The Labute approximate surface area is 125 Å². The average Bonchev–Trinajstić information content (AvgIpc) is 2.43. The van der Waals surface area contributed by atoms with E-state index in [0.717, 1.165) is 18.5 Å². The molecule has 4 nitrogen and oxygen atoms in total. The third kappa shape index (κ3) is 3.66. The van der Waals surface area contributed by atoms with Gasteiger partial charge in [0.05, 0.1) is 10.7 Å². The van der Waals surface area contributed by atoms with E-state index in [2.05, 4.69) is 31.2 Å².